The number of furan rings is 1. The molecular weight excluding hydrogens is 284 g/mol. The lowest BCUT2D eigenvalue weighted by Gasteiger charge is -2.22. The molecule has 0 aliphatic carbocycles. The van der Waals surface area contributed by atoms with Gasteiger partial charge in [-0.2, -0.15) is 5.10 Å². The van der Waals surface area contributed by atoms with E-state index in [1.165, 1.54) is 0 Å². The Kier molecular flexibility index (Phi) is 4.24. The Balaban J connectivity index is 1.69. The van der Waals surface area contributed by atoms with Gasteiger partial charge < -0.3 is 14.1 Å². The number of nitrogens with one attached hydrogen (secondary N) is 1. The van der Waals surface area contributed by atoms with E-state index in [1.807, 2.05) is 17.9 Å². The molecule has 1 amide bonds. The molecule has 7 nitrogen and oxygen atoms in total. The van der Waals surface area contributed by atoms with Crippen molar-refractivity contribution in [2.75, 3.05) is 13.7 Å². The maximum absolute atomic E-state index is 12.6. The molecule has 2 aromatic heterocycles. The highest BCUT2D eigenvalue weighted by atomic mass is 16.5. The van der Waals surface area contributed by atoms with Crippen LogP contribution in [-0.4, -0.2) is 45.7 Å². The van der Waals surface area contributed by atoms with Crippen LogP contribution in [-0.2, 0) is 16.0 Å². The van der Waals surface area contributed by atoms with E-state index in [9.17, 15) is 4.79 Å². The summed E-state index contributed by atoms with van der Waals surface area (Å²) in [7, 11) is 1.67. The molecule has 22 heavy (non-hydrogen) atoms. The van der Waals surface area contributed by atoms with Crippen molar-refractivity contribution in [3.05, 3.63) is 35.8 Å². The number of rotatable bonds is 5. The van der Waals surface area contributed by atoms with E-state index in [0.29, 0.717) is 25.2 Å². The van der Waals surface area contributed by atoms with Crippen molar-refractivity contribution in [3.8, 4) is 0 Å². The molecule has 1 aliphatic rings. The quantitative estimate of drug-likeness (QED) is 0.907. The summed E-state index contributed by atoms with van der Waals surface area (Å²) in [6.45, 7) is 2.43. The van der Waals surface area contributed by atoms with Gasteiger partial charge in [-0.1, -0.05) is 0 Å². The van der Waals surface area contributed by atoms with E-state index in [-0.39, 0.29) is 18.1 Å². The summed E-state index contributed by atoms with van der Waals surface area (Å²) >= 11 is 0. The SMILES string of the molecule is CO[C@@H]1C[C@@H](c2n[nH]c(C)n2)N(C(=O)CCc2ccoc2)C1. The molecule has 1 aliphatic heterocycles. The van der Waals surface area contributed by atoms with E-state index in [4.69, 9.17) is 9.15 Å². The van der Waals surface area contributed by atoms with Crippen LogP contribution in [0.15, 0.2) is 23.0 Å². The predicted molar refractivity (Wildman–Crippen MR) is 78.0 cm³/mol. The summed E-state index contributed by atoms with van der Waals surface area (Å²) in [5, 5.41) is 7.05. The number of carbonyl (C=O) groups is 1. The highest BCUT2D eigenvalue weighted by Gasteiger charge is 2.38. The molecule has 118 valence electrons. The molecular formula is C15H20N4O3. The lowest BCUT2D eigenvalue weighted by molar-refractivity contribution is -0.132. The molecule has 1 saturated heterocycles. The number of hydrogen-bond acceptors (Lipinski definition) is 5. The molecule has 2 atom stereocenters. The predicted octanol–water partition coefficient (Wildman–Crippen LogP) is 1.63. The molecule has 3 rings (SSSR count). The third-order valence-electron chi connectivity index (χ3n) is 4.04. The van der Waals surface area contributed by atoms with Gasteiger partial charge in [-0.25, -0.2) is 4.98 Å². The molecule has 1 fully saturated rings. The summed E-state index contributed by atoms with van der Waals surface area (Å²) in [5.74, 6) is 1.50. The zero-order valence-corrected chi connectivity index (χ0v) is 12.8. The Morgan fingerprint density at radius 3 is 3.09 bits per heavy atom. The van der Waals surface area contributed by atoms with E-state index in [1.54, 1.807) is 19.6 Å². The minimum absolute atomic E-state index is 0.0293. The number of aromatic amines is 1. The summed E-state index contributed by atoms with van der Waals surface area (Å²) < 4.78 is 10.5. The zero-order valence-electron chi connectivity index (χ0n) is 12.8. The van der Waals surface area contributed by atoms with Crippen LogP contribution in [0.5, 0.6) is 0 Å². The Morgan fingerprint density at radius 1 is 1.59 bits per heavy atom. The van der Waals surface area contributed by atoms with Crippen molar-refractivity contribution in [2.45, 2.75) is 38.3 Å². The third-order valence-corrected chi connectivity index (χ3v) is 4.04. The van der Waals surface area contributed by atoms with Crippen molar-refractivity contribution in [2.24, 2.45) is 0 Å². The van der Waals surface area contributed by atoms with Crippen molar-refractivity contribution in [1.29, 1.82) is 0 Å². The fraction of sp³-hybridized carbons (Fsp3) is 0.533. The van der Waals surface area contributed by atoms with Crippen LogP contribution in [0.2, 0.25) is 0 Å². The van der Waals surface area contributed by atoms with Crippen LogP contribution in [0.4, 0.5) is 0 Å². The van der Waals surface area contributed by atoms with Gasteiger partial charge in [0.1, 0.15) is 5.82 Å². The van der Waals surface area contributed by atoms with Crippen molar-refractivity contribution < 1.29 is 13.9 Å². The fourth-order valence-corrected chi connectivity index (χ4v) is 2.83. The molecule has 0 radical (unpaired) electrons. The Morgan fingerprint density at radius 2 is 2.45 bits per heavy atom. The van der Waals surface area contributed by atoms with E-state index in [2.05, 4.69) is 15.2 Å². The van der Waals surface area contributed by atoms with Gasteiger partial charge in [0.2, 0.25) is 5.91 Å². The van der Waals surface area contributed by atoms with Gasteiger partial charge in [0.15, 0.2) is 5.82 Å². The molecule has 7 heteroatoms. The number of aryl methyl sites for hydroxylation is 2. The molecule has 0 aromatic carbocycles. The lowest BCUT2D eigenvalue weighted by atomic mass is 10.1. The number of ether oxygens (including phenoxy) is 1. The molecule has 0 saturated carbocycles. The zero-order chi connectivity index (χ0) is 15.5. The second kappa shape index (κ2) is 6.31. The van der Waals surface area contributed by atoms with Crippen LogP contribution in [0.25, 0.3) is 0 Å². The molecule has 0 bridgehead atoms. The first-order chi connectivity index (χ1) is 10.7. The summed E-state index contributed by atoms with van der Waals surface area (Å²) in [6, 6.07) is 1.76. The first-order valence-electron chi connectivity index (χ1n) is 7.39. The first kappa shape index (κ1) is 14.8. The molecule has 3 heterocycles. The summed E-state index contributed by atoms with van der Waals surface area (Å²) in [4.78, 5) is 18.8. The second-order valence-corrected chi connectivity index (χ2v) is 5.57. The smallest absolute Gasteiger partial charge is 0.223 e. The highest BCUT2D eigenvalue weighted by molar-refractivity contribution is 5.77. The van der Waals surface area contributed by atoms with Crippen molar-refractivity contribution in [1.82, 2.24) is 20.1 Å². The number of H-pyrrole nitrogens is 1. The minimum atomic E-state index is -0.119. The third kappa shape index (κ3) is 3.04. The molecule has 0 unspecified atom stereocenters. The van der Waals surface area contributed by atoms with E-state index < -0.39 is 0 Å². The number of likely N-dealkylation sites (tertiary alicyclic amines) is 1. The monoisotopic (exact) mass is 304 g/mol. The maximum Gasteiger partial charge on any atom is 0.223 e. The Hall–Kier alpha value is -2.15. The van der Waals surface area contributed by atoms with Crippen LogP contribution in [0.3, 0.4) is 0 Å². The lowest BCUT2D eigenvalue weighted by Crippen LogP contribution is -2.32. The molecule has 2 aromatic rings. The minimum Gasteiger partial charge on any atom is -0.472 e. The number of carbonyl (C=O) groups excluding carboxylic acids is 1. The van der Waals surface area contributed by atoms with Crippen molar-refractivity contribution in [3.63, 3.8) is 0 Å². The van der Waals surface area contributed by atoms with Gasteiger partial charge in [0.05, 0.1) is 24.7 Å². The van der Waals surface area contributed by atoms with Gasteiger partial charge >= 0.3 is 0 Å². The number of nitrogens with zero attached hydrogens (tertiary/aromatic N) is 3. The van der Waals surface area contributed by atoms with Gasteiger partial charge in [0.25, 0.3) is 0 Å². The van der Waals surface area contributed by atoms with Gasteiger partial charge in [-0.05, 0) is 25.0 Å². The van der Waals surface area contributed by atoms with Gasteiger partial charge in [-0.15, -0.1) is 0 Å². The largest absolute Gasteiger partial charge is 0.472 e. The summed E-state index contributed by atoms with van der Waals surface area (Å²) in [5.41, 5.74) is 1.03. The molecule has 1 N–H and O–H groups in total. The van der Waals surface area contributed by atoms with Crippen molar-refractivity contribution >= 4 is 5.91 Å². The van der Waals surface area contributed by atoms with Crippen LogP contribution < -0.4 is 0 Å². The topological polar surface area (TPSA) is 84.2 Å². The number of amides is 1. The highest BCUT2D eigenvalue weighted by Crippen LogP contribution is 2.32. The number of methoxy groups -OCH3 is 1. The summed E-state index contributed by atoms with van der Waals surface area (Å²) in [6.07, 6.45) is 5.16. The number of hydrogen-bond donors (Lipinski definition) is 1. The average Bonchev–Trinajstić information content (AvgIpc) is 3.24. The maximum atomic E-state index is 12.6. The van der Waals surface area contributed by atoms with E-state index >= 15 is 0 Å². The fourth-order valence-electron chi connectivity index (χ4n) is 2.83. The first-order valence-corrected chi connectivity index (χ1v) is 7.39. The van der Waals surface area contributed by atoms with Crippen LogP contribution in [0, 0.1) is 6.92 Å². The average molecular weight is 304 g/mol. The number of aromatic nitrogens is 3. The van der Waals surface area contributed by atoms with E-state index in [0.717, 1.165) is 17.8 Å². The second-order valence-electron chi connectivity index (χ2n) is 5.57. The normalized spacial score (nSPS) is 21.5. The Bertz CT molecular complexity index is 623. The Labute approximate surface area is 128 Å². The van der Waals surface area contributed by atoms with Crippen LogP contribution in [0.1, 0.15) is 36.1 Å². The standard InChI is InChI=1S/C15H20N4O3/c1-10-16-15(18-17-10)13-7-12(21-2)8-19(13)14(20)4-3-11-5-6-22-9-11/h5-6,9,12-13H,3-4,7-8H2,1-2H3,(H,16,17,18)/t12-,13+/m1/s1. The van der Waals surface area contributed by atoms with Gasteiger partial charge in [0, 0.05) is 26.5 Å². The molecule has 0 spiro atoms. The van der Waals surface area contributed by atoms with Crippen LogP contribution >= 0.6 is 0 Å². The van der Waals surface area contributed by atoms with Gasteiger partial charge in [-0.3, -0.25) is 9.89 Å².